The second kappa shape index (κ2) is 15.0. The molecule has 1 aliphatic rings. The van der Waals surface area contributed by atoms with Crippen LogP contribution in [0.2, 0.25) is 0 Å². The molecule has 0 heterocycles. The smallest absolute Gasteiger partial charge is 0.264 e. The molecular formula is C39H45N3O4S. The summed E-state index contributed by atoms with van der Waals surface area (Å²) >= 11 is 0. The van der Waals surface area contributed by atoms with Gasteiger partial charge < -0.3 is 10.2 Å². The van der Waals surface area contributed by atoms with Gasteiger partial charge in [0.1, 0.15) is 12.6 Å². The number of amides is 2. The zero-order valence-electron chi connectivity index (χ0n) is 27.8. The lowest BCUT2D eigenvalue weighted by Gasteiger charge is -2.34. The number of aryl methyl sites for hydroxylation is 4. The van der Waals surface area contributed by atoms with Gasteiger partial charge in [0.15, 0.2) is 0 Å². The molecule has 47 heavy (non-hydrogen) atoms. The van der Waals surface area contributed by atoms with Crippen LogP contribution in [-0.4, -0.2) is 43.8 Å². The van der Waals surface area contributed by atoms with E-state index in [0.29, 0.717) is 12.1 Å². The van der Waals surface area contributed by atoms with E-state index >= 15 is 0 Å². The molecule has 0 saturated heterocycles. The van der Waals surface area contributed by atoms with Gasteiger partial charge in [-0.2, -0.15) is 0 Å². The lowest BCUT2D eigenvalue weighted by atomic mass is 10.0. The maximum absolute atomic E-state index is 14.7. The van der Waals surface area contributed by atoms with Crippen LogP contribution in [0, 0.1) is 27.7 Å². The molecule has 1 aliphatic carbocycles. The van der Waals surface area contributed by atoms with E-state index in [2.05, 4.69) is 5.32 Å². The van der Waals surface area contributed by atoms with Crippen LogP contribution < -0.4 is 9.62 Å². The summed E-state index contributed by atoms with van der Waals surface area (Å²) in [6.45, 7) is 7.45. The van der Waals surface area contributed by atoms with Crippen LogP contribution in [0.4, 0.5) is 5.69 Å². The average Bonchev–Trinajstić information content (AvgIpc) is 3.57. The van der Waals surface area contributed by atoms with E-state index in [1.54, 1.807) is 41.3 Å². The molecule has 1 atom stereocenters. The Kier molecular flexibility index (Phi) is 10.8. The summed E-state index contributed by atoms with van der Waals surface area (Å²) in [5.74, 6) is -0.675. The maximum atomic E-state index is 14.7. The van der Waals surface area contributed by atoms with Crippen LogP contribution in [0.3, 0.4) is 0 Å². The Bertz CT molecular complexity index is 1800. The standard InChI is InChI=1S/C39H45N3O4S/c1-28-18-22-36(23-19-28)47(45,46)42(35-21-20-29(2)31(4)24-35)27-38(43)41(26-33-15-9-8-12-30(33)3)37(25-32-13-6-5-7-14-32)39(44)40-34-16-10-11-17-34/h5-9,12-15,18-24,34,37H,10-11,16-17,25-27H2,1-4H3,(H,40,44)/t37-/m1/s1. The molecule has 246 valence electrons. The monoisotopic (exact) mass is 651 g/mol. The van der Waals surface area contributed by atoms with Gasteiger partial charge in [0.05, 0.1) is 10.6 Å². The highest BCUT2D eigenvalue weighted by Gasteiger charge is 2.35. The summed E-state index contributed by atoms with van der Waals surface area (Å²) in [5.41, 5.74) is 6.05. The summed E-state index contributed by atoms with van der Waals surface area (Å²) in [5, 5.41) is 3.23. The van der Waals surface area contributed by atoms with Crippen molar-refractivity contribution in [2.45, 2.75) is 83.3 Å². The molecule has 7 nitrogen and oxygen atoms in total. The van der Waals surface area contributed by atoms with Gasteiger partial charge in [-0.3, -0.25) is 13.9 Å². The molecule has 0 radical (unpaired) electrons. The summed E-state index contributed by atoms with van der Waals surface area (Å²) in [4.78, 5) is 30.6. The van der Waals surface area contributed by atoms with Gasteiger partial charge in [-0.25, -0.2) is 8.42 Å². The lowest BCUT2D eigenvalue weighted by molar-refractivity contribution is -0.140. The van der Waals surface area contributed by atoms with Crippen molar-refractivity contribution < 1.29 is 18.0 Å². The van der Waals surface area contributed by atoms with Gasteiger partial charge in [-0.1, -0.05) is 91.2 Å². The fourth-order valence-electron chi connectivity index (χ4n) is 6.14. The highest BCUT2D eigenvalue weighted by atomic mass is 32.2. The normalized spacial score (nSPS) is 14.0. The number of carbonyl (C=O) groups excluding carboxylic acids is 2. The van der Waals surface area contributed by atoms with Crippen LogP contribution in [0.5, 0.6) is 0 Å². The van der Waals surface area contributed by atoms with Crippen molar-refractivity contribution in [1.29, 1.82) is 0 Å². The Morgan fingerprint density at radius 2 is 1.45 bits per heavy atom. The largest absolute Gasteiger partial charge is 0.352 e. The van der Waals surface area contributed by atoms with Crippen molar-refractivity contribution in [1.82, 2.24) is 10.2 Å². The molecule has 0 spiro atoms. The minimum Gasteiger partial charge on any atom is -0.352 e. The molecule has 0 aliphatic heterocycles. The van der Waals surface area contributed by atoms with Gasteiger partial charge in [-0.05, 0) is 92.6 Å². The van der Waals surface area contributed by atoms with Gasteiger partial charge in [0.25, 0.3) is 10.0 Å². The molecule has 0 unspecified atom stereocenters. The highest BCUT2D eigenvalue weighted by molar-refractivity contribution is 7.92. The number of carbonyl (C=O) groups is 2. The molecule has 0 aromatic heterocycles. The first-order valence-corrected chi connectivity index (χ1v) is 17.8. The van der Waals surface area contributed by atoms with E-state index in [9.17, 15) is 18.0 Å². The predicted molar refractivity (Wildman–Crippen MR) is 188 cm³/mol. The minimum absolute atomic E-state index is 0.0603. The van der Waals surface area contributed by atoms with Gasteiger partial charge >= 0.3 is 0 Å². The third kappa shape index (κ3) is 8.30. The Morgan fingerprint density at radius 1 is 0.787 bits per heavy atom. The van der Waals surface area contributed by atoms with E-state index < -0.39 is 28.5 Å². The van der Waals surface area contributed by atoms with E-state index in [1.165, 1.54) is 4.31 Å². The molecule has 1 saturated carbocycles. The van der Waals surface area contributed by atoms with Crippen molar-refractivity contribution in [3.8, 4) is 0 Å². The fourth-order valence-corrected chi connectivity index (χ4v) is 7.55. The summed E-state index contributed by atoms with van der Waals surface area (Å²) in [7, 11) is -4.15. The number of rotatable bonds is 12. The number of nitrogens with one attached hydrogen (secondary N) is 1. The Morgan fingerprint density at radius 3 is 2.11 bits per heavy atom. The van der Waals surface area contributed by atoms with Crippen LogP contribution in [0.1, 0.15) is 59.1 Å². The lowest BCUT2D eigenvalue weighted by Crippen LogP contribution is -2.54. The molecule has 2 amide bonds. The first kappa shape index (κ1) is 33.9. The van der Waals surface area contributed by atoms with Crippen LogP contribution in [0.25, 0.3) is 0 Å². The molecule has 1 N–H and O–H groups in total. The van der Waals surface area contributed by atoms with Crippen LogP contribution in [0.15, 0.2) is 102 Å². The first-order chi connectivity index (χ1) is 22.5. The molecule has 5 rings (SSSR count). The van der Waals surface area contributed by atoms with E-state index in [-0.39, 0.29) is 23.4 Å². The van der Waals surface area contributed by atoms with Crippen LogP contribution >= 0.6 is 0 Å². The molecule has 8 heteroatoms. The second-order valence-corrected chi connectivity index (χ2v) is 14.6. The number of sulfonamides is 1. The van der Waals surface area contributed by atoms with E-state index in [4.69, 9.17) is 0 Å². The van der Waals surface area contributed by atoms with Crippen molar-refractivity contribution in [3.63, 3.8) is 0 Å². The van der Waals surface area contributed by atoms with Crippen molar-refractivity contribution in [3.05, 3.63) is 130 Å². The second-order valence-electron chi connectivity index (χ2n) is 12.7. The molecule has 4 aromatic rings. The summed E-state index contributed by atoms with van der Waals surface area (Å²) in [6, 6.07) is 28.7. The van der Waals surface area contributed by atoms with Gasteiger partial charge in [0.2, 0.25) is 11.8 Å². The summed E-state index contributed by atoms with van der Waals surface area (Å²) < 4.78 is 29.8. The number of hydrogen-bond acceptors (Lipinski definition) is 4. The van der Waals surface area contributed by atoms with E-state index in [1.807, 2.05) is 88.4 Å². The molecule has 0 bridgehead atoms. The number of anilines is 1. The fraction of sp³-hybridized carbons (Fsp3) is 0.333. The minimum atomic E-state index is -4.15. The maximum Gasteiger partial charge on any atom is 0.264 e. The zero-order chi connectivity index (χ0) is 33.6. The number of benzene rings is 4. The molecule has 4 aromatic carbocycles. The van der Waals surface area contributed by atoms with Gasteiger partial charge in [0, 0.05) is 19.0 Å². The molecule has 1 fully saturated rings. The van der Waals surface area contributed by atoms with Crippen LogP contribution in [-0.2, 0) is 32.6 Å². The highest BCUT2D eigenvalue weighted by Crippen LogP contribution is 2.28. The SMILES string of the molecule is Cc1ccc(S(=O)(=O)N(CC(=O)N(Cc2ccccc2C)[C@H](Cc2ccccc2)C(=O)NC2CCCC2)c2ccc(C)c(C)c2)cc1. The first-order valence-electron chi connectivity index (χ1n) is 16.4. The topological polar surface area (TPSA) is 86.8 Å². The Labute approximate surface area is 279 Å². The molecular weight excluding hydrogens is 607 g/mol. The quantitative estimate of drug-likeness (QED) is 0.182. The average molecular weight is 652 g/mol. The third-order valence-corrected chi connectivity index (χ3v) is 11.0. The number of hydrogen-bond donors (Lipinski definition) is 1. The van der Waals surface area contributed by atoms with Crippen molar-refractivity contribution in [2.75, 3.05) is 10.8 Å². The zero-order valence-corrected chi connectivity index (χ0v) is 28.6. The van der Waals surface area contributed by atoms with Crippen molar-refractivity contribution in [2.24, 2.45) is 0 Å². The summed E-state index contributed by atoms with van der Waals surface area (Å²) in [6.07, 6.45) is 4.23. The Hall–Kier alpha value is -4.43. The number of nitrogens with zero attached hydrogens (tertiary/aromatic N) is 2. The van der Waals surface area contributed by atoms with Crippen molar-refractivity contribution >= 4 is 27.5 Å². The van der Waals surface area contributed by atoms with E-state index in [0.717, 1.165) is 59.1 Å². The third-order valence-electron chi connectivity index (χ3n) is 9.24. The Balaban J connectivity index is 1.58. The van der Waals surface area contributed by atoms with Gasteiger partial charge in [-0.15, -0.1) is 0 Å². The predicted octanol–water partition coefficient (Wildman–Crippen LogP) is 6.81.